The van der Waals surface area contributed by atoms with Gasteiger partial charge in [0.1, 0.15) is 0 Å². The number of benzene rings is 1. The Balaban J connectivity index is 1.82. The summed E-state index contributed by atoms with van der Waals surface area (Å²) in [5, 5.41) is 8.29. The smallest absolute Gasteiger partial charge is 0.311 e. The van der Waals surface area contributed by atoms with Crippen LogP contribution in [0.1, 0.15) is 18.2 Å². The minimum atomic E-state index is -0.374. The number of thiazole rings is 1. The Hall–Kier alpha value is -2.29. The van der Waals surface area contributed by atoms with E-state index in [4.69, 9.17) is 28.6 Å². The molecule has 0 atom stereocenters. The topological polar surface area (TPSA) is 80.3 Å². The Morgan fingerprint density at radius 3 is 2.77 bits per heavy atom. The number of amides is 1. The first-order chi connectivity index (χ1) is 12.5. The number of esters is 1. The van der Waals surface area contributed by atoms with Gasteiger partial charge in [-0.15, -0.1) is 11.3 Å². The lowest BCUT2D eigenvalue weighted by Crippen LogP contribution is -2.32. The van der Waals surface area contributed by atoms with Crippen LogP contribution in [-0.4, -0.2) is 28.6 Å². The molecule has 136 valence electrons. The van der Waals surface area contributed by atoms with E-state index in [2.05, 4.69) is 15.6 Å². The zero-order valence-corrected chi connectivity index (χ0v) is 16.2. The molecule has 0 spiro atoms. The van der Waals surface area contributed by atoms with Gasteiger partial charge < -0.3 is 10.1 Å². The summed E-state index contributed by atoms with van der Waals surface area (Å²) in [6, 6.07) is 7.07. The first kappa shape index (κ1) is 20.0. The number of carbonyl (C=O) groups excluding carboxylic acids is 2. The van der Waals surface area contributed by atoms with Crippen molar-refractivity contribution in [3.05, 3.63) is 52.0 Å². The van der Waals surface area contributed by atoms with Crippen molar-refractivity contribution in [2.45, 2.75) is 13.3 Å². The first-order valence-corrected chi connectivity index (χ1v) is 9.28. The average Bonchev–Trinajstić information content (AvgIpc) is 3.01. The Morgan fingerprint density at radius 1 is 1.35 bits per heavy atom. The maximum Gasteiger partial charge on any atom is 0.311 e. The Labute approximate surface area is 165 Å². The van der Waals surface area contributed by atoms with Gasteiger partial charge in [0.05, 0.1) is 18.7 Å². The van der Waals surface area contributed by atoms with Crippen molar-refractivity contribution in [3.8, 4) is 0 Å². The molecule has 0 aliphatic rings. The number of hydrogen-bond donors (Lipinski definition) is 2. The summed E-state index contributed by atoms with van der Waals surface area (Å²) >= 11 is 12.2. The standard InChI is InChI=1S/C17H16ClN3O3S2/c1-2-24-15(23)9-13-10-26-17(19-13)21-16(25)20-14(22)8-5-11-3-6-12(18)7-4-11/h3-8,10H,2,9H2,1H3,(H2,19,20,21,22,25)/b8-5+. The van der Waals surface area contributed by atoms with E-state index in [-0.39, 0.29) is 23.4 Å². The van der Waals surface area contributed by atoms with Crippen molar-refractivity contribution in [1.82, 2.24) is 10.3 Å². The number of halogens is 1. The number of thiocarbonyl (C=S) groups is 1. The van der Waals surface area contributed by atoms with Crippen LogP contribution in [0.15, 0.2) is 35.7 Å². The van der Waals surface area contributed by atoms with Gasteiger partial charge in [0.15, 0.2) is 10.2 Å². The number of anilines is 1. The van der Waals surface area contributed by atoms with Crippen molar-refractivity contribution in [3.63, 3.8) is 0 Å². The van der Waals surface area contributed by atoms with Crippen LogP contribution < -0.4 is 10.6 Å². The number of nitrogens with one attached hydrogen (secondary N) is 2. The van der Waals surface area contributed by atoms with E-state index < -0.39 is 0 Å². The molecule has 0 fully saturated rings. The maximum absolute atomic E-state index is 11.9. The van der Waals surface area contributed by atoms with E-state index >= 15 is 0 Å². The van der Waals surface area contributed by atoms with Gasteiger partial charge >= 0.3 is 5.97 Å². The van der Waals surface area contributed by atoms with Crippen LogP contribution in [0.25, 0.3) is 6.08 Å². The molecule has 0 aliphatic carbocycles. The minimum absolute atomic E-state index is 0.0922. The summed E-state index contributed by atoms with van der Waals surface area (Å²) in [6.45, 7) is 2.07. The van der Waals surface area contributed by atoms with Crippen LogP contribution in [-0.2, 0) is 20.7 Å². The molecule has 2 N–H and O–H groups in total. The van der Waals surface area contributed by atoms with E-state index in [1.807, 2.05) is 0 Å². The Morgan fingerprint density at radius 2 is 2.08 bits per heavy atom. The lowest BCUT2D eigenvalue weighted by atomic mass is 10.2. The van der Waals surface area contributed by atoms with Gasteiger partial charge in [-0.05, 0) is 42.9 Å². The van der Waals surface area contributed by atoms with Crippen molar-refractivity contribution in [2.24, 2.45) is 0 Å². The molecule has 0 bridgehead atoms. The molecule has 1 heterocycles. The molecule has 0 aliphatic heterocycles. The monoisotopic (exact) mass is 409 g/mol. The summed E-state index contributed by atoms with van der Waals surface area (Å²) < 4.78 is 4.87. The lowest BCUT2D eigenvalue weighted by molar-refractivity contribution is -0.142. The van der Waals surface area contributed by atoms with E-state index in [0.29, 0.717) is 22.5 Å². The second-order valence-electron chi connectivity index (χ2n) is 4.95. The number of carbonyl (C=O) groups is 2. The molecular weight excluding hydrogens is 394 g/mol. The van der Waals surface area contributed by atoms with Crippen LogP contribution in [0.3, 0.4) is 0 Å². The van der Waals surface area contributed by atoms with Crippen LogP contribution in [0.4, 0.5) is 5.13 Å². The lowest BCUT2D eigenvalue weighted by Gasteiger charge is -2.04. The minimum Gasteiger partial charge on any atom is -0.466 e. The van der Waals surface area contributed by atoms with Crippen molar-refractivity contribution < 1.29 is 14.3 Å². The van der Waals surface area contributed by atoms with Gasteiger partial charge in [-0.25, -0.2) is 4.98 Å². The number of hydrogen-bond acceptors (Lipinski definition) is 6. The summed E-state index contributed by atoms with van der Waals surface area (Å²) in [5.74, 6) is -0.715. The molecule has 0 saturated carbocycles. The summed E-state index contributed by atoms with van der Waals surface area (Å²) in [6.07, 6.45) is 3.11. The van der Waals surface area contributed by atoms with Gasteiger partial charge in [-0.3, -0.25) is 14.9 Å². The molecule has 1 aromatic carbocycles. The fourth-order valence-electron chi connectivity index (χ4n) is 1.83. The van der Waals surface area contributed by atoms with Crippen molar-refractivity contribution in [1.29, 1.82) is 0 Å². The highest BCUT2D eigenvalue weighted by Gasteiger charge is 2.09. The van der Waals surface area contributed by atoms with Gasteiger partial charge in [0.2, 0.25) is 5.91 Å². The Kier molecular flexibility index (Phi) is 7.71. The fraction of sp³-hybridized carbons (Fsp3) is 0.176. The van der Waals surface area contributed by atoms with Gasteiger partial charge in [0.25, 0.3) is 0 Å². The molecule has 2 aromatic rings. The summed E-state index contributed by atoms with van der Waals surface area (Å²) in [7, 11) is 0. The Bertz CT molecular complexity index is 819. The number of rotatable bonds is 6. The second kappa shape index (κ2) is 10.0. The maximum atomic E-state index is 11.9. The highest BCUT2D eigenvalue weighted by atomic mass is 35.5. The molecule has 1 aromatic heterocycles. The van der Waals surface area contributed by atoms with E-state index in [0.717, 1.165) is 5.56 Å². The largest absolute Gasteiger partial charge is 0.466 e. The molecular formula is C17H16ClN3O3S2. The van der Waals surface area contributed by atoms with Crippen molar-refractivity contribution in [2.75, 3.05) is 11.9 Å². The van der Waals surface area contributed by atoms with Crippen molar-refractivity contribution >= 4 is 63.4 Å². The van der Waals surface area contributed by atoms with E-state index in [9.17, 15) is 9.59 Å². The molecule has 26 heavy (non-hydrogen) atoms. The average molecular weight is 410 g/mol. The molecule has 9 heteroatoms. The third-order valence-corrected chi connectivity index (χ3v) is 4.20. The van der Waals surface area contributed by atoms with Crippen LogP contribution in [0.2, 0.25) is 5.02 Å². The number of nitrogens with zero attached hydrogens (tertiary/aromatic N) is 1. The van der Waals surface area contributed by atoms with Crippen LogP contribution in [0.5, 0.6) is 0 Å². The normalized spacial score (nSPS) is 10.5. The first-order valence-electron chi connectivity index (χ1n) is 7.62. The highest BCUT2D eigenvalue weighted by Crippen LogP contribution is 2.16. The molecule has 1 amide bonds. The SMILES string of the molecule is CCOC(=O)Cc1csc(NC(=S)NC(=O)/C=C/c2ccc(Cl)cc2)n1. The summed E-state index contributed by atoms with van der Waals surface area (Å²) in [4.78, 5) is 27.5. The molecule has 0 unspecified atom stereocenters. The van der Waals surface area contributed by atoms with Gasteiger partial charge in [-0.1, -0.05) is 23.7 Å². The van der Waals surface area contributed by atoms with E-state index in [1.54, 1.807) is 42.6 Å². The predicted octanol–water partition coefficient (Wildman–Crippen LogP) is 3.43. The molecule has 0 radical (unpaired) electrons. The number of ether oxygens (including phenoxy) is 1. The summed E-state index contributed by atoms with van der Waals surface area (Å²) in [5.41, 5.74) is 1.42. The zero-order chi connectivity index (χ0) is 18.9. The number of aromatic nitrogens is 1. The van der Waals surface area contributed by atoms with Gasteiger partial charge in [0, 0.05) is 16.5 Å². The quantitative estimate of drug-likeness (QED) is 0.432. The van der Waals surface area contributed by atoms with Crippen LogP contribution in [0, 0.1) is 0 Å². The van der Waals surface area contributed by atoms with Crippen LogP contribution >= 0.6 is 35.2 Å². The molecule has 6 nitrogen and oxygen atoms in total. The third-order valence-electron chi connectivity index (χ3n) is 2.94. The second-order valence-corrected chi connectivity index (χ2v) is 6.66. The predicted molar refractivity (Wildman–Crippen MR) is 107 cm³/mol. The van der Waals surface area contributed by atoms with E-state index in [1.165, 1.54) is 17.4 Å². The van der Waals surface area contributed by atoms with Gasteiger partial charge in [-0.2, -0.15) is 0 Å². The zero-order valence-electron chi connectivity index (χ0n) is 13.8. The third kappa shape index (κ3) is 6.91. The molecule has 0 saturated heterocycles. The highest BCUT2D eigenvalue weighted by molar-refractivity contribution is 7.80. The fourth-order valence-corrected chi connectivity index (χ4v) is 2.94. The molecule has 2 rings (SSSR count).